The quantitative estimate of drug-likeness (QED) is 0.676. The Hall–Kier alpha value is -3.00. The van der Waals surface area contributed by atoms with Gasteiger partial charge in [-0.15, -0.1) is 0 Å². The van der Waals surface area contributed by atoms with Gasteiger partial charge in [0, 0.05) is 0 Å². The van der Waals surface area contributed by atoms with Crippen LogP contribution in [0.15, 0.2) is 48.5 Å². The maximum atomic E-state index is 13.6. The van der Waals surface area contributed by atoms with E-state index >= 15 is 0 Å². The van der Waals surface area contributed by atoms with E-state index in [2.05, 4.69) is 17.2 Å². The molecule has 4 nitrogen and oxygen atoms in total. The smallest absolute Gasteiger partial charge is 0.408 e. The van der Waals surface area contributed by atoms with Crippen molar-refractivity contribution in [2.45, 2.75) is 6.61 Å². The summed E-state index contributed by atoms with van der Waals surface area (Å²) in [5, 5.41) is 2.47. The number of carbonyl (C=O) groups is 1. The predicted octanol–water partition coefficient (Wildman–Crippen LogP) is 2.69. The lowest BCUT2D eigenvalue weighted by Gasteiger charge is -2.04. The molecule has 0 heterocycles. The molecular formula is C17H15FN2O2. The molecule has 0 fully saturated rings. The van der Waals surface area contributed by atoms with Crippen molar-refractivity contribution >= 4 is 11.8 Å². The number of hydrogen-bond donors (Lipinski definition) is 2. The maximum absolute atomic E-state index is 13.6. The highest BCUT2D eigenvalue weighted by atomic mass is 19.1. The minimum absolute atomic E-state index is 0.0435. The molecule has 0 spiro atoms. The molecule has 0 radical (unpaired) electrons. The highest BCUT2D eigenvalue weighted by molar-refractivity contribution is 5.67. The summed E-state index contributed by atoms with van der Waals surface area (Å²) >= 11 is 0. The Morgan fingerprint density at radius 2 is 1.95 bits per heavy atom. The second-order valence-electron chi connectivity index (χ2n) is 4.43. The van der Waals surface area contributed by atoms with Gasteiger partial charge in [-0.3, -0.25) is 0 Å². The molecule has 0 saturated carbocycles. The zero-order chi connectivity index (χ0) is 15.8. The third-order valence-electron chi connectivity index (χ3n) is 2.79. The minimum atomic E-state index is -0.578. The lowest BCUT2D eigenvalue weighted by atomic mass is 10.2. The van der Waals surface area contributed by atoms with Crippen molar-refractivity contribution in [2.24, 2.45) is 0 Å². The van der Waals surface area contributed by atoms with Crippen molar-refractivity contribution in [1.29, 1.82) is 0 Å². The van der Waals surface area contributed by atoms with E-state index < -0.39 is 11.9 Å². The van der Waals surface area contributed by atoms with Crippen molar-refractivity contribution < 1.29 is 13.9 Å². The van der Waals surface area contributed by atoms with Crippen LogP contribution in [0.1, 0.15) is 11.1 Å². The number of nitrogen functional groups attached to an aromatic ring is 1. The zero-order valence-corrected chi connectivity index (χ0v) is 11.8. The van der Waals surface area contributed by atoms with E-state index in [1.807, 2.05) is 30.3 Å². The molecule has 5 heteroatoms. The predicted molar refractivity (Wildman–Crippen MR) is 82.3 cm³/mol. The summed E-state index contributed by atoms with van der Waals surface area (Å²) in [4.78, 5) is 11.5. The van der Waals surface area contributed by atoms with Crippen LogP contribution < -0.4 is 11.1 Å². The number of benzene rings is 2. The van der Waals surface area contributed by atoms with Crippen molar-refractivity contribution in [3.05, 3.63) is 65.5 Å². The van der Waals surface area contributed by atoms with Crippen LogP contribution in [-0.2, 0) is 11.3 Å². The Bertz CT molecular complexity index is 706. The van der Waals surface area contributed by atoms with Gasteiger partial charge in [0.05, 0.1) is 17.8 Å². The fourth-order valence-electron chi connectivity index (χ4n) is 1.68. The van der Waals surface area contributed by atoms with Gasteiger partial charge in [0.2, 0.25) is 0 Å². The van der Waals surface area contributed by atoms with Crippen LogP contribution in [0, 0.1) is 17.7 Å². The van der Waals surface area contributed by atoms with Gasteiger partial charge in [-0.2, -0.15) is 0 Å². The summed E-state index contributed by atoms with van der Waals surface area (Å²) in [6.07, 6.45) is -0.578. The van der Waals surface area contributed by atoms with Crippen LogP contribution in [-0.4, -0.2) is 12.6 Å². The van der Waals surface area contributed by atoms with E-state index in [1.165, 1.54) is 12.1 Å². The third kappa shape index (κ3) is 4.53. The van der Waals surface area contributed by atoms with Crippen LogP contribution in [0.5, 0.6) is 0 Å². The Labute approximate surface area is 128 Å². The first-order valence-corrected chi connectivity index (χ1v) is 6.64. The average Bonchev–Trinajstić information content (AvgIpc) is 2.54. The fourth-order valence-corrected chi connectivity index (χ4v) is 1.68. The molecule has 2 aromatic carbocycles. The lowest BCUT2D eigenvalue weighted by Crippen LogP contribution is -2.24. The molecule has 2 rings (SSSR count). The van der Waals surface area contributed by atoms with Gasteiger partial charge in [-0.1, -0.05) is 48.2 Å². The Morgan fingerprint density at radius 1 is 1.18 bits per heavy atom. The molecular weight excluding hydrogens is 283 g/mol. The molecule has 0 aliphatic carbocycles. The number of anilines is 1. The second-order valence-corrected chi connectivity index (χ2v) is 4.43. The van der Waals surface area contributed by atoms with Crippen molar-refractivity contribution in [1.82, 2.24) is 5.32 Å². The van der Waals surface area contributed by atoms with E-state index in [4.69, 9.17) is 10.5 Å². The van der Waals surface area contributed by atoms with Crippen LogP contribution in [0.4, 0.5) is 14.9 Å². The summed E-state index contributed by atoms with van der Waals surface area (Å²) in [7, 11) is 0. The Kier molecular flexibility index (Phi) is 5.38. The summed E-state index contributed by atoms with van der Waals surface area (Å²) in [6, 6.07) is 13.9. The Balaban J connectivity index is 1.78. The second kappa shape index (κ2) is 7.70. The number of halogens is 1. The van der Waals surface area contributed by atoms with Gasteiger partial charge in [0.1, 0.15) is 6.61 Å². The molecule has 0 bridgehead atoms. The van der Waals surface area contributed by atoms with Gasteiger partial charge in [-0.25, -0.2) is 9.18 Å². The summed E-state index contributed by atoms with van der Waals surface area (Å²) in [5.41, 5.74) is 6.57. The average molecular weight is 298 g/mol. The number of alkyl carbamates (subject to hydrolysis) is 1. The standard InChI is InChI=1S/C17H15FN2O2/c18-16-14(8-4-10-15(16)19)9-5-11-20-17(21)22-12-13-6-2-1-3-7-13/h1-4,6-8,10H,11-12,19H2,(H,20,21). The van der Waals surface area contributed by atoms with Crippen molar-refractivity contribution in [3.63, 3.8) is 0 Å². The first kappa shape index (κ1) is 15.4. The zero-order valence-electron chi connectivity index (χ0n) is 11.8. The molecule has 0 aromatic heterocycles. The number of amides is 1. The third-order valence-corrected chi connectivity index (χ3v) is 2.79. The van der Waals surface area contributed by atoms with Gasteiger partial charge >= 0.3 is 6.09 Å². The van der Waals surface area contributed by atoms with Gasteiger partial charge in [0.25, 0.3) is 0 Å². The number of carbonyl (C=O) groups excluding carboxylic acids is 1. The molecule has 0 unspecified atom stereocenters. The molecule has 0 aliphatic heterocycles. The number of rotatable bonds is 3. The lowest BCUT2D eigenvalue weighted by molar-refractivity contribution is 0.141. The first-order chi connectivity index (χ1) is 10.7. The van der Waals surface area contributed by atoms with E-state index in [0.29, 0.717) is 0 Å². The number of hydrogen-bond acceptors (Lipinski definition) is 3. The van der Waals surface area contributed by atoms with Crippen LogP contribution in [0.25, 0.3) is 0 Å². The fraction of sp³-hybridized carbons (Fsp3) is 0.118. The van der Waals surface area contributed by atoms with Crippen LogP contribution in [0.3, 0.4) is 0 Å². The monoisotopic (exact) mass is 298 g/mol. The topological polar surface area (TPSA) is 64.3 Å². The molecule has 1 amide bonds. The molecule has 22 heavy (non-hydrogen) atoms. The number of nitrogens with one attached hydrogen (secondary N) is 1. The maximum Gasteiger partial charge on any atom is 0.408 e. The molecule has 112 valence electrons. The normalized spacial score (nSPS) is 9.50. The van der Waals surface area contributed by atoms with Gasteiger partial charge < -0.3 is 15.8 Å². The molecule has 0 atom stereocenters. The highest BCUT2D eigenvalue weighted by Crippen LogP contribution is 2.12. The minimum Gasteiger partial charge on any atom is -0.445 e. The van der Waals surface area contributed by atoms with E-state index in [-0.39, 0.29) is 24.4 Å². The van der Waals surface area contributed by atoms with E-state index in [1.54, 1.807) is 6.07 Å². The molecule has 2 aromatic rings. The molecule has 0 saturated heterocycles. The first-order valence-electron chi connectivity index (χ1n) is 6.64. The summed E-state index contributed by atoms with van der Waals surface area (Å²) in [5.74, 6) is 4.69. The van der Waals surface area contributed by atoms with E-state index in [0.717, 1.165) is 5.56 Å². The van der Waals surface area contributed by atoms with E-state index in [9.17, 15) is 9.18 Å². The number of ether oxygens (including phenoxy) is 1. The van der Waals surface area contributed by atoms with Crippen LogP contribution >= 0.6 is 0 Å². The number of nitrogens with two attached hydrogens (primary N) is 1. The molecule has 3 N–H and O–H groups in total. The molecule has 0 aliphatic rings. The van der Waals surface area contributed by atoms with Crippen molar-refractivity contribution in [2.75, 3.05) is 12.3 Å². The summed E-state index contributed by atoms with van der Waals surface area (Å²) < 4.78 is 18.6. The van der Waals surface area contributed by atoms with Crippen LogP contribution in [0.2, 0.25) is 0 Å². The SMILES string of the molecule is Nc1cccc(C#CCNC(=O)OCc2ccccc2)c1F. The largest absolute Gasteiger partial charge is 0.445 e. The highest BCUT2D eigenvalue weighted by Gasteiger charge is 2.02. The Morgan fingerprint density at radius 3 is 2.73 bits per heavy atom. The van der Waals surface area contributed by atoms with Gasteiger partial charge in [0.15, 0.2) is 5.82 Å². The summed E-state index contributed by atoms with van der Waals surface area (Å²) in [6.45, 7) is 0.242. The van der Waals surface area contributed by atoms with Gasteiger partial charge in [-0.05, 0) is 17.7 Å². The van der Waals surface area contributed by atoms with Crippen molar-refractivity contribution in [3.8, 4) is 11.8 Å².